The van der Waals surface area contributed by atoms with E-state index in [1.54, 1.807) is 37.2 Å². The molecule has 3 rings (SSSR count). The lowest BCUT2D eigenvalue weighted by atomic mass is 10.3. The molecule has 0 bridgehead atoms. The van der Waals surface area contributed by atoms with Crippen LogP contribution in [0.4, 0.5) is 0 Å². The summed E-state index contributed by atoms with van der Waals surface area (Å²) >= 11 is 1.55. The number of rotatable bonds is 9. The first-order valence-corrected chi connectivity index (χ1v) is 9.38. The zero-order valence-corrected chi connectivity index (χ0v) is 16.0. The molecule has 27 heavy (non-hydrogen) atoms. The van der Waals surface area contributed by atoms with E-state index in [2.05, 4.69) is 10.3 Å². The number of hydrogen-bond acceptors (Lipinski definition) is 6. The molecule has 7 nitrogen and oxygen atoms in total. The minimum absolute atomic E-state index is 0.262. The summed E-state index contributed by atoms with van der Waals surface area (Å²) in [6.45, 7) is 0.740. The van der Waals surface area contributed by atoms with Crippen molar-refractivity contribution in [3.63, 3.8) is 0 Å². The highest BCUT2D eigenvalue weighted by Crippen LogP contribution is 2.22. The molecular formula is C19H21N3O4S. The van der Waals surface area contributed by atoms with Crippen molar-refractivity contribution in [2.24, 2.45) is 7.05 Å². The molecule has 0 atom stereocenters. The first kappa shape index (κ1) is 18.9. The fraction of sp³-hybridized carbons (Fsp3) is 0.263. The van der Waals surface area contributed by atoms with Crippen molar-refractivity contribution in [1.29, 1.82) is 0 Å². The number of carbonyl (C=O) groups is 1. The standard InChI is InChI=1S/C19H21N3O4S/c1-22-11-9-21-19(22)27-13-16-7-8-17(26-16)18(23)20-10-12-25-15-5-3-14(24-2)4-6-15/h3-9,11H,10,12-13H2,1-2H3,(H,20,23). The molecule has 3 aromatic rings. The maximum Gasteiger partial charge on any atom is 0.287 e. The molecule has 0 saturated heterocycles. The summed E-state index contributed by atoms with van der Waals surface area (Å²) in [5.41, 5.74) is 0. The Morgan fingerprint density at radius 1 is 1.22 bits per heavy atom. The van der Waals surface area contributed by atoms with Crippen molar-refractivity contribution in [3.8, 4) is 11.5 Å². The lowest BCUT2D eigenvalue weighted by Crippen LogP contribution is -2.27. The second-order valence-corrected chi connectivity index (χ2v) is 6.60. The minimum Gasteiger partial charge on any atom is -0.497 e. The fourth-order valence-corrected chi connectivity index (χ4v) is 3.12. The van der Waals surface area contributed by atoms with Crippen LogP contribution in [0.15, 0.2) is 58.4 Å². The van der Waals surface area contributed by atoms with E-state index in [1.807, 2.05) is 42.1 Å². The number of hydrogen-bond donors (Lipinski definition) is 1. The maximum atomic E-state index is 12.1. The topological polar surface area (TPSA) is 78.5 Å². The van der Waals surface area contributed by atoms with E-state index >= 15 is 0 Å². The summed E-state index contributed by atoms with van der Waals surface area (Å²) in [4.78, 5) is 16.4. The molecule has 0 unspecified atom stereocenters. The van der Waals surface area contributed by atoms with Crippen molar-refractivity contribution in [2.75, 3.05) is 20.3 Å². The summed E-state index contributed by atoms with van der Waals surface area (Å²) in [7, 11) is 3.55. The van der Waals surface area contributed by atoms with Crippen molar-refractivity contribution in [1.82, 2.24) is 14.9 Å². The molecule has 2 aromatic heterocycles. The molecule has 0 aliphatic carbocycles. The molecule has 0 aliphatic heterocycles. The molecule has 1 amide bonds. The van der Waals surface area contributed by atoms with Gasteiger partial charge in [-0.05, 0) is 36.4 Å². The number of nitrogens with one attached hydrogen (secondary N) is 1. The largest absolute Gasteiger partial charge is 0.497 e. The summed E-state index contributed by atoms with van der Waals surface area (Å²) in [5, 5.41) is 3.67. The third-order valence-electron chi connectivity index (χ3n) is 3.72. The van der Waals surface area contributed by atoms with E-state index in [0.717, 1.165) is 22.4 Å². The normalized spacial score (nSPS) is 10.6. The van der Waals surface area contributed by atoms with Crippen molar-refractivity contribution in [3.05, 3.63) is 60.3 Å². The predicted molar refractivity (Wildman–Crippen MR) is 102 cm³/mol. The Hall–Kier alpha value is -2.87. The zero-order chi connectivity index (χ0) is 19.1. The summed E-state index contributed by atoms with van der Waals surface area (Å²) < 4.78 is 18.2. The first-order valence-electron chi connectivity index (χ1n) is 8.39. The zero-order valence-electron chi connectivity index (χ0n) is 15.2. The number of methoxy groups -OCH3 is 1. The number of amides is 1. The van der Waals surface area contributed by atoms with Gasteiger partial charge in [0.1, 0.15) is 23.9 Å². The molecule has 0 spiro atoms. The number of aryl methyl sites for hydroxylation is 1. The van der Waals surface area contributed by atoms with Gasteiger partial charge >= 0.3 is 0 Å². The van der Waals surface area contributed by atoms with E-state index in [0.29, 0.717) is 18.9 Å². The van der Waals surface area contributed by atoms with E-state index in [-0.39, 0.29) is 11.7 Å². The second-order valence-electron chi connectivity index (χ2n) is 5.66. The molecule has 0 fully saturated rings. The van der Waals surface area contributed by atoms with Gasteiger partial charge in [-0.15, -0.1) is 0 Å². The average molecular weight is 387 g/mol. The molecule has 2 heterocycles. The highest BCUT2D eigenvalue weighted by Gasteiger charge is 2.11. The van der Waals surface area contributed by atoms with Gasteiger partial charge in [-0.1, -0.05) is 11.8 Å². The Labute approximate surface area is 161 Å². The van der Waals surface area contributed by atoms with Gasteiger partial charge in [0.2, 0.25) is 0 Å². The van der Waals surface area contributed by atoms with E-state index in [1.165, 1.54) is 0 Å². The minimum atomic E-state index is -0.262. The maximum absolute atomic E-state index is 12.1. The van der Waals surface area contributed by atoms with Gasteiger partial charge in [0, 0.05) is 19.4 Å². The predicted octanol–water partition coefficient (Wildman–Crippen LogP) is 3.12. The van der Waals surface area contributed by atoms with E-state index < -0.39 is 0 Å². The number of benzene rings is 1. The fourth-order valence-electron chi connectivity index (χ4n) is 2.30. The van der Waals surface area contributed by atoms with Crippen LogP contribution in [-0.4, -0.2) is 35.7 Å². The second kappa shape index (κ2) is 9.18. The summed E-state index contributed by atoms with van der Waals surface area (Å²) in [6.07, 6.45) is 3.63. The van der Waals surface area contributed by atoms with Gasteiger partial charge < -0.3 is 23.8 Å². The number of ether oxygens (including phenoxy) is 2. The first-order chi connectivity index (χ1) is 13.2. The molecule has 1 aromatic carbocycles. The van der Waals surface area contributed by atoms with Crippen LogP contribution < -0.4 is 14.8 Å². The van der Waals surface area contributed by atoms with Gasteiger partial charge in [0.05, 0.1) is 19.4 Å². The molecule has 142 valence electrons. The monoisotopic (exact) mass is 387 g/mol. The Bertz CT molecular complexity index is 873. The van der Waals surface area contributed by atoms with Crippen molar-refractivity contribution >= 4 is 17.7 Å². The van der Waals surface area contributed by atoms with Crippen LogP contribution in [0.25, 0.3) is 0 Å². The van der Waals surface area contributed by atoms with E-state index in [4.69, 9.17) is 13.9 Å². The molecule has 0 aliphatic rings. The Kier molecular flexibility index (Phi) is 6.43. The molecule has 8 heteroatoms. The number of nitrogens with zero attached hydrogens (tertiary/aromatic N) is 2. The Morgan fingerprint density at radius 2 is 2.00 bits per heavy atom. The quantitative estimate of drug-likeness (QED) is 0.449. The van der Waals surface area contributed by atoms with E-state index in [9.17, 15) is 4.79 Å². The highest BCUT2D eigenvalue weighted by atomic mass is 32.2. The lowest BCUT2D eigenvalue weighted by molar-refractivity contribution is 0.0918. The average Bonchev–Trinajstić information content (AvgIpc) is 3.33. The third-order valence-corrected chi connectivity index (χ3v) is 4.80. The van der Waals surface area contributed by atoms with Crippen LogP contribution in [0.5, 0.6) is 11.5 Å². The van der Waals surface area contributed by atoms with Crippen LogP contribution in [0.2, 0.25) is 0 Å². The van der Waals surface area contributed by atoms with Gasteiger partial charge in [-0.25, -0.2) is 4.98 Å². The van der Waals surface area contributed by atoms with Crippen LogP contribution >= 0.6 is 11.8 Å². The van der Waals surface area contributed by atoms with Crippen molar-refractivity contribution in [2.45, 2.75) is 10.9 Å². The highest BCUT2D eigenvalue weighted by molar-refractivity contribution is 7.98. The summed E-state index contributed by atoms with van der Waals surface area (Å²) in [6, 6.07) is 10.8. The number of carbonyl (C=O) groups excluding carboxylic acids is 1. The van der Waals surface area contributed by atoms with Gasteiger partial charge in [0.25, 0.3) is 5.91 Å². The number of thioether (sulfide) groups is 1. The Balaban J connectivity index is 1.40. The van der Waals surface area contributed by atoms with Gasteiger partial charge in [0.15, 0.2) is 10.9 Å². The smallest absolute Gasteiger partial charge is 0.287 e. The molecular weight excluding hydrogens is 366 g/mol. The lowest BCUT2D eigenvalue weighted by Gasteiger charge is -2.07. The molecule has 0 saturated carbocycles. The number of imidazole rings is 1. The number of furan rings is 1. The molecule has 1 N–H and O–H groups in total. The van der Waals surface area contributed by atoms with Crippen LogP contribution in [0.1, 0.15) is 16.3 Å². The summed E-state index contributed by atoms with van der Waals surface area (Å²) in [5.74, 6) is 2.85. The van der Waals surface area contributed by atoms with Crippen LogP contribution in [0.3, 0.4) is 0 Å². The van der Waals surface area contributed by atoms with Crippen LogP contribution in [0, 0.1) is 0 Å². The Morgan fingerprint density at radius 3 is 2.70 bits per heavy atom. The van der Waals surface area contributed by atoms with Crippen LogP contribution in [-0.2, 0) is 12.8 Å². The SMILES string of the molecule is COc1ccc(OCCNC(=O)c2ccc(CSc3nccn3C)o2)cc1. The van der Waals surface area contributed by atoms with Crippen molar-refractivity contribution < 1.29 is 18.7 Å². The van der Waals surface area contributed by atoms with Gasteiger partial charge in [-0.3, -0.25) is 4.79 Å². The molecule has 0 radical (unpaired) electrons. The third kappa shape index (κ3) is 5.30. The number of aromatic nitrogens is 2. The van der Waals surface area contributed by atoms with Gasteiger partial charge in [-0.2, -0.15) is 0 Å².